The van der Waals surface area contributed by atoms with Crippen molar-refractivity contribution in [3.63, 3.8) is 0 Å². The highest BCUT2D eigenvalue weighted by Gasteiger charge is 2.18. The number of nitrogens with one attached hydrogen (secondary N) is 1. The molecule has 0 saturated carbocycles. The molecule has 0 aliphatic heterocycles. The van der Waals surface area contributed by atoms with Gasteiger partial charge in [0.05, 0.1) is 21.1 Å². The first-order chi connectivity index (χ1) is 14.0. The molecule has 0 spiro atoms. The zero-order chi connectivity index (χ0) is 20.4. The molecule has 2 aromatic heterocycles. The van der Waals surface area contributed by atoms with E-state index in [0.29, 0.717) is 17.8 Å². The van der Waals surface area contributed by atoms with Gasteiger partial charge in [-0.2, -0.15) is 0 Å². The van der Waals surface area contributed by atoms with Crippen LogP contribution in [0.4, 0.5) is 4.39 Å². The minimum absolute atomic E-state index is 0.198. The maximum atomic E-state index is 13.4. The summed E-state index contributed by atoms with van der Waals surface area (Å²) in [6.45, 7) is 0.796. The molecule has 148 valence electrons. The third-order valence-corrected chi connectivity index (χ3v) is 6.18. The summed E-state index contributed by atoms with van der Waals surface area (Å²) < 4.78 is 22.7. The Morgan fingerprint density at radius 1 is 1.14 bits per heavy atom. The summed E-state index contributed by atoms with van der Waals surface area (Å²) in [5, 5.41) is 2.90. The lowest BCUT2D eigenvalue weighted by atomic mass is 10.2. The predicted octanol–water partition coefficient (Wildman–Crippen LogP) is 5.59. The second-order valence-electron chi connectivity index (χ2n) is 6.58. The number of hydrogen-bond acceptors (Lipinski definition) is 3. The van der Waals surface area contributed by atoms with Gasteiger partial charge in [-0.3, -0.25) is 4.79 Å². The molecule has 29 heavy (non-hydrogen) atoms. The number of methoxy groups -OCH3 is 1. The number of halogens is 2. The van der Waals surface area contributed by atoms with Crippen molar-refractivity contribution in [2.45, 2.75) is 13.1 Å². The average Bonchev–Trinajstić information content (AvgIpc) is 3.23. The molecule has 4 aromatic rings. The number of hydrogen-bond donors (Lipinski definition) is 1. The number of aromatic nitrogens is 1. The van der Waals surface area contributed by atoms with Crippen molar-refractivity contribution in [1.82, 2.24) is 9.88 Å². The monoisotopic (exact) mass is 472 g/mol. The lowest BCUT2D eigenvalue weighted by molar-refractivity contribution is 0.0942. The van der Waals surface area contributed by atoms with E-state index in [1.54, 1.807) is 30.6 Å². The van der Waals surface area contributed by atoms with E-state index >= 15 is 0 Å². The Balaban J connectivity index is 1.63. The molecule has 4 nitrogen and oxygen atoms in total. The molecule has 0 unspecified atom stereocenters. The molecular formula is C22H18BrFN2O2S. The second-order valence-corrected chi connectivity index (χ2v) is 9.04. The Morgan fingerprint density at radius 3 is 2.72 bits per heavy atom. The van der Waals surface area contributed by atoms with Crippen LogP contribution in [0.3, 0.4) is 0 Å². The molecule has 0 fully saturated rings. The Labute approximate surface area is 180 Å². The number of rotatable bonds is 6. The normalized spacial score (nSPS) is 11.0. The van der Waals surface area contributed by atoms with Gasteiger partial charge in [0.1, 0.15) is 17.3 Å². The second kappa shape index (κ2) is 8.39. The first kappa shape index (κ1) is 19.7. The number of amides is 1. The van der Waals surface area contributed by atoms with Gasteiger partial charge in [0.15, 0.2) is 0 Å². The van der Waals surface area contributed by atoms with Gasteiger partial charge in [0.25, 0.3) is 5.91 Å². The van der Waals surface area contributed by atoms with E-state index in [9.17, 15) is 9.18 Å². The first-order valence-corrected chi connectivity index (χ1v) is 10.6. The van der Waals surface area contributed by atoms with Crippen LogP contribution in [0.5, 0.6) is 5.75 Å². The summed E-state index contributed by atoms with van der Waals surface area (Å²) in [6.07, 6.45) is 0. The zero-order valence-electron chi connectivity index (χ0n) is 15.6. The van der Waals surface area contributed by atoms with Gasteiger partial charge in [0.2, 0.25) is 0 Å². The topological polar surface area (TPSA) is 43.3 Å². The number of benzene rings is 2. The van der Waals surface area contributed by atoms with E-state index in [1.807, 2.05) is 41.0 Å². The summed E-state index contributed by atoms with van der Waals surface area (Å²) in [7, 11) is 1.63. The predicted molar refractivity (Wildman–Crippen MR) is 117 cm³/mol. The van der Waals surface area contributed by atoms with E-state index in [0.717, 1.165) is 25.3 Å². The molecule has 1 N–H and O–H groups in total. The lowest BCUT2D eigenvalue weighted by Crippen LogP contribution is -2.25. The van der Waals surface area contributed by atoms with Crippen molar-refractivity contribution < 1.29 is 13.9 Å². The fourth-order valence-corrected chi connectivity index (χ4v) is 4.81. The van der Waals surface area contributed by atoms with Crippen molar-refractivity contribution in [2.75, 3.05) is 7.11 Å². The van der Waals surface area contributed by atoms with Crippen LogP contribution in [0.2, 0.25) is 0 Å². The maximum Gasteiger partial charge on any atom is 0.268 e. The summed E-state index contributed by atoms with van der Waals surface area (Å²) >= 11 is 5.11. The van der Waals surface area contributed by atoms with E-state index in [-0.39, 0.29) is 18.3 Å². The van der Waals surface area contributed by atoms with Crippen LogP contribution in [0.1, 0.15) is 21.6 Å². The SMILES string of the molecule is COc1cccc(Cn2c(C(=O)NCc3cccc(F)c3)cc3sc(Br)cc32)c1. The quantitative estimate of drug-likeness (QED) is 0.397. The van der Waals surface area contributed by atoms with E-state index in [4.69, 9.17) is 4.74 Å². The summed E-state index contributed by atoms with van der Waals surface area (Å²) in [6, 6.07) is 17.9. The maximum absolute atomic E-state index is 13.4. The standard InChI is InChI=1S/C22H18BrFN2O2S/c1-28-17-7-3-5-15(9-17)13-26-18-11-21(23)29-20(18)10-19(26)22(27)25-12-14-4-2-6-16(24)8-14/h2-11H,12-13H2,1H3,(H,25,27). The minimum Gasteiger partial charge on any atom is -0.497 e. The smallest absolute Gasteiger partial charge is 0.268 e. The minimum atomic E-state index is -0.316. The van der Waals surface area contributed by atoms with E-state index in [1.165, 1.54) is 12.1 Å². The van der Waals surface area contributed by atoms with Crippen LogP contribution in [0, 0.1) is 5.82 Å². The number of nitrogens with zero attached hydrogens (tertiary/aromatic N) is 1. The zero-order valence-corrected chi connectivity index (χ0v) is 18.0. The number of carbonyl (C=O) groups excluding carboxylic acids is 1. The molecule has 0 aliphatic rings. The van der Waals surface area contributed by atoms with Crippen molar-refractivity contribution in [2.24, 2.45) is 0 Å². The Hall–Kier alpha value is -2.64. The molecule has 2 heterocycles. The van der Waals surface area contributed by atoms with Crippen molar-refractivity contribution in [1.29, 1.82) is 0 Å². The molecule has 7 heteroatoms. The molecule has 1 amide bonds. The summed E-state index contributed by atoms with van der Waals surface area (Å²) in [5.41, 5.74) is 3.30. The van der Waals surface area contributed by atoms with Crippen LogP contribution in [-0.2, 0) is 13.1 Å². The fourth-order valence-electron chi connectivity index (χ4n) is 3.24. The van der Waals surface area contributed by atoms with E-state index < -0.39 is 0 Å². The highest BCUT2D eigenvalue weighted by molar-refractivity contribution is 9.11. The van der Waals surface area contributed by atoms with Gasteiger partial charge in [-0.15, -0.1) is 11.3 Å². The van der Waals surface area contributed by atoms with Crippen molar-refractivity contribution >= 4 is 43.4 Å². The molecule has 0 aliphatic carbocycles. The molecule has 0 bridgehead atoms. The number of fused-ring (bicyclic) bond motifs is 1. The van der Waals surface area contributed by atoms with E-state index in [2.05, 4.69) is 21.2 Å². The van der Waals surface area contributed by atoms with Crippen LogP contribution in [0.25, 0.3) is 10.2 Å². The number of thiophene rings is 1. The van der Waals surface area contributed by atoms with Gasteiger partial charge >= 0.3 is 0 Å². The molecule has 0 saturated heterocycles. The van der Waals surface area contributed by atoms with Crippen LogP contribution in [-0.4, -0.2) is 17.6 Å². The molecule has 2 aromatic carbocycles. The molecular weight excluding hydrogens is 455 g/mol. The summed E-state index contributed by atoms with van der Waals surface area (Å²) in [4.78, 5) is 12.9. The first-order valence-electron chi connectivity index (χ1n) is 8.97. The average molecular weight is 473 g/mol. The Kier molecular flexibility index (Phi) is 5.69. The van der Waals surface area contributed by atoms with Gasteiger partial charge in [-0.1, -0.05) is 24.3 Å². The molecule has 0 atom stereocenters. The third-order valence-electron chi connectivity index (χ3n) is 4.61. The van der Waals surface area contributed by atoms with Gasteiger partial charge in [0, 0.05) is 13.1 Å². The number of carbonyl (C=O) groups is 1. The fraction of sp³-hybridized carbons (Fsp3) is 0.136. The van der Waals surface area contributed by atoms with Crippen LogP contribution in [0.15, 0.2) is 64.5 Å². The Morgan fingerprint density at radius 2 is 1.93 bits per heavy atom. The molecule has 0 radical (unpaired) electrons. The van der Waals surface area contributed by atoms with Crippen molar-refractivity contribution in [3.05, 3.63) is 87.1 Å². The number of ether oxygens (including phenoxy) is 1. The molecule has 4 rings (SSSR count). The van der Waals surface area contributed by atoms with Gasteiger partial charge < -0.3 is 14.6 Å². The van der Waals surface area contributed by atoms with Crippen LogP contribution < -0.4 is 10.1 Å². The highest BCUT2D eigenvalue weighted by Crippen LogP contribution is 2.33. The largest absolute Gasteiger partial charge is 0.497 e. The van der Waals surface area contributed by atoms with Crippen LogP contribution >= 0.6 is 27.3 Å². The highest BCUT2D eigenvalue weighted by atomic mass is 79.9. The Bertz CT molecular complexity index is 1180. The lowest BCUT2D eigenvalue weighted by Gasteiger charge is -2.12. The third kappa shape index (κ3) is 4.36. The summed E-state index contributed by atoms with van der Waals surface area (Å²) in [5.74, 6) is 0.259. The van der Waals surface area contributed by atoms with Crippen molar-refractivity contribution in [3.8, 4) is 5.75 Å². The van der Waals surface area contributed by atoms with Gasteiger partial charge in [-0.05, 0) is 63.5 Å². The van der Waals surface area contributed by atoms with Gasteiger partial charge in [-0.25, -0.2) is 4.39 Å².